The highest BCUT2D eigenvalue weighted by Crippen LogP contribution is 2.36. The quantitative estimate of drug-likeness (QED) is 0.823. The van der Waals surface area contributed by atoms with E-state index in [9.17, 15) is 18.3 Å². The van der Waals surface area contributed by atoms with Gasteiger partial charge in [-0.2, -0.15) is 13.2 Å². The Morgan fingerprint density at radius 3 is 2.58 bits per heavy atom. The van der Waals surface area contributed by atoms with Crippen LogP contribution in [0.2, 0.25) is 0 Å². The Morgan fingerprint density at radius 2 is 1.95 bits per heavy atom. The van der Waals surface area contributed by atoms with Crippen LogP contribution in [0.25, 0.3) is 0 Å². The van der Waals surface area contributed by atoms with Crippen molar-refractivity contribution in [1.29, 1.82) is 0 Å². The van der Waals surface area contributed by atoms with Crippen LogP contribution in [0, 0.1) is 0 Å². The smallest absolute Gasteiger partial charge is 0.399 e. The van der Waals surface area contributed by atoms with Gasteiger partial charge >= 0.3 is 6.18 Å². The highest BCUT2D eigenvalue weighted by Gasteiger charge is 2.35. The number of anilines is 1. The van der Waals surface area contributed by atoms with Crippen LogP contribution < -0.4 is 5.73 Å². The topological polar surface area (TPSA) is 59.1 Å². The van der Waals surface area contributed by atoms with E-state index >= 15 is 0 Å². The molecule has 0 saturated heterocycles. The molecule has 0 fully saturated rings. The fourth-order valence-electron chi connectivity index (χ4n) is 1.79. The third-order valence-corrected chi connectivity index (χ3v) is 2.68. The minimum absolute atomic E-state index is 0.290. The van der Waals surface area contributed by atoms with Gasteiger partial charge in [-0.15, -0.1) is 0 Å². The molecule has 1 aromatic heterocycles. The van der Waals surface area contributed by atoms with Crippen LogP contribution in [-0.2, 0) is 6.18 Å². The normalized spacial score (nSPS) is 13.3. The Kier molecular flexibility index (Phi) is 3.44. The van der Waals surface area contributed by atoms with Gasteiger partial charge in [-0.1, -0.05) is 12.1 Å². The van der Waals surface area contributed by atoms with Gasteiger partial charge in [-0.25, -0.2) is 0 Å². The van der Waals surface area contributed by atoms with E-state index in [1.165, 1.54) is 12.1 Å². The van der Waals surface area contributed by atoms with E-state index in [4.69, 9.17) is 5.73 Å². The van der Waals surface area contributed by atoms with E-state index in [-0.39, 0.29) is 5.56 Å². The third kappa shape index (κ3) is 2.85. The van der Waals surface area contributed by atoms with E-state index in [2.05, 4.69) is 4.98 Å². The van der Waals surface area contributed by atoms with Gasteiger partial charge in [0.05, 0.1) is 5.56 Å². The zero-order valence-electron chi connectivity index (χ0n) is 9.72. The largest absolute Gasteiger partial charge is 0.416 e. The van der Waals surface area contributed by atoms with Crippen LogP contribution in [0.3, 0.4) is 0 Å². The van der Waals surface area contributed by atoms with Crippen molar-refractivity contribution in [2.24, 2.45) is 0 Å². The van der Waals surface area contributed by atoms with Crippen LogP contribution in [0.15, 0.2) is 42.7 Å². The van der Waals surface area contributed by atoms with Gasteiger partial charge in [0.1, 0.15) is 6.10 Å². The highest BCUT2D eigenvalue weighted by molar-refractivity contribution is 5.44. The minimum atomic E-state index is -4.54. The van der Waals surface area contributed by atoms with E-state index in [0.29, 0.717) is 11.3 Å². The number of aromatic nitrogens is 1. The van der Waals surface area contributed by atoms with Gasteiger partial charge < -0.3 is 10.8 Å². The highest BCUT2D eigenvalue weighted by atomic mass is 19.4. The summed E-state index contributed by atoms with van der Waals surface area (Å²) in [5.74, 6) is 0. The fraction of sp³-hybridized carbons (Fsp3) is 0.154. The molecule has 2 rings (SSSR count). The van der Waals surface area contributed by atoms with Gasteiger partial charge in [0.25, 0.3) is 0 Å². The number of rotatable bonds is 2. The Hall–Kier alpha value is -2.08. The molecule has 0 aliphatic heterocycles. The van der Waals surface area contributed by atoms with Crippen LogP contribution in [0.4, 0.5) is 18.9 Å². The van der Waals surface area contributed by atoms with E-state index in [0.717, 1.165) is 18.5 Å². The van der Waals surface area contributed by atoms with Gasteiger partial charge in [0.15, 0.2) is 0 Å². The molecule has 0 radical (unpaired) electrons. The van der Waals surface area contributed by atoms with Crippen molar-refractivity contribution in [3.05, 3.63) is 59.4 Å². The first-order valence-corrected chi connectivity index (χ1v) is 5.44. The molecule has 0 saturated carbocycles. The zero-order chi connectivity index (χ0) is 14.0. The van der Waals surface area contributed by atoms with Crippen molar-refractivity contribution in [2.45, 2.75) is 12.3 Å². The summed E-state index contributed by atoms with van der Waals surface area (Å²) in [6.45, 7) is 0. The van der Waals surface area contributed by atoms with Crippen LogP contribution in [0.5, 0.6) is 0 Å². The van der Waals surface area contributed by atoms with Gasteiger partial charge in [0, 0.05) is 23.6 Å². The monoisotopic (exact) mass is 268 g/mol. The van der Waals surface area contributed by atoms with Gasteiger partial charge in [-0.05, 0) is 23.8 Å². The summed E-state index contributed by atoms with van der Waals surface area (Å²) in [6.07, 6.45) is -3.91. The second kappa shape index (κ2) is 4.89. The maximum Gasteiger partial charge on any atom is 0.416 e. The van der Waals surface area contributed by atoms with Gasteiger partial charge in [0.2, 0.25) is 0 Å². The lowest BCUT2D eigenvalue weighted by Gasteiger charge is -2.17. The number of hydrogen-bond acceptors (Lipinski definition) is 3. The first-order valence-electron chi connectivity index (χ1n) is 5.44. The summed E-state index contributed by atoms with van der Waals surface area (Å²) < 4.78 is 38.5. The third-order valence-electron chi connectivity index (χ3n) is 2.68. The number of benzene rings is 1. The molecule has 100 valence electrons. The van der Waals surface area contributed by atoms with Crippen LogP contribution in [0.1, 0.15) is 22.8 Å². The molecule has 19 heavy (non-hydrogen) atoms. The van der Waals surface area contributed by atoms with Crippen molar-refractivity contribution in [1.82, 2.24) is 4.98 Å². The zero-order valence-corrected chi connectivity index (χ0v) is 9.72. The number of nitrogen functional groups attached to an aromatic ring is 1. The molecular formula is C13H11F3N2O. The molecule has 0 amide bonds. The predicted octanol–water partition coefficient (Wildman–Crippen LogP) is 2.76. The molecule has 0 aliphatic carbocycles. The summed E-state index contributed by atoms with van der Waals surface area (Å²) in [5, 5.41) is 10.1. The van der Waals surface area contributed by atoms with Crippen LogP contribution in [-0.4, -0.2) is 10.1 Å². The molecule has 3 nitrogen and oxygen atoms in total. The summed E-state index contributed by atoms with van der Waals surface area (Å²) >= 11 is 0. The number of aliphatic hydroxyl groups is 1. The molecule has 1 heterocycles. The summed E-state index contributed by atoms with van der Waals surface area (Å²) in [4.78, 5) is 3.64. The Morgan fingerprint density at radius 1 is 1.21 bits per heavy atom. The molecular weight excluding hydrogens is 257 g/mol. The number of pyridine rings is 1. The summed E-state index contributed by atoms with van der Waals surface area (Å²) in [6, 6.07) is 6.93. The molecule has 6 heteroatoms. The number of alkyl halides is 3. The second-order valence-corrected chi connectivity index (χ2v) is 4.03. The lowest BCUT2D eigenvalue weighted by molar-refractivity contribution is -0.139. The second-order valence-electron chi connectivity index (χ2n) is 4.03. The maximum absolute atomic E-state index is 12.8. The van der Waals surface area contributed by atoms with Crippen LogP contribution >= 0.6 is 0 Å². The summed E-state index contributed by atoms with van der Waals surface area (Å²) in [7, 11) is 0. The molecule has 1 aromatic carbocycles. The van der Waals surface area contributed by atoms with Crippen molar-refractivity contribution in [3.8, 4) is 0 Å². The van der Waals surface area contributed by atoms with E-state index in [1.54, 1.807) is 12.1 Å². The average Bonchev–Trinajstić information content (AvgIpc) is 2.37. The lowest BCUT2D eigenvalue weighted by Crippen LogP contribution is -2.13. The number of halogens is 3. The standard InChI is InChI=1S/C13H11F3N2O/c14-13(15,16)11-4-5-18-7-10(11)12(19)8-2-1-3-9(17)6-8/h1-7,12,19H,17H2. The lowest BCUT2D eigenvalue weighted by atomic mass is 9.98. The number of hydrogen-bond donors (Lipinski definition) is 2. The molecule has 0 bridgehead atoms. The molecule has 3 N–H and O–H groups in total. The summed E-state index contributed by atoms with van der Waals surface area (Å²) in [5.41, 5.74) is 5.01. The molecule has 2 aromatic rings. The van der Waals surface area contributed by atoms with Crippen molar-refractivity contribution in [2.75, 3.05) is 5.73 Å². The van der Waals surface area contributed by atoms with Crippen molar-refractivity contribution in [3.63, 3.8) is 0 Å². The first-order chi connectivity index (χ1) is 8.89. The molecule has 1 atom stereocenters. The Bertz CT molecular complexity index is 584. The number of nitrogens with two attached hydrogens (primary N) is 1. The van der Waals surface area contributed by atoms with Gasteiger partial charge in [-0.3, -0.25) is 4.98 Å². The molecule has 0 spiro atoms. The fourth-order valence-corrected chi connectivity index (χ4v) is 1.79. The predicted molar refractivity (Wildman–Crippen MR) is 64.2 cm³/mol. The first kappa shape index (κ1) is 13.4. The SMILES string of the molecule is Nc1cccc(C(O)c2cnccc2C(F)(F)F)c1. The molecule has 0 aliphatic rings. The Balaban J connectivity index is 2.48. The minimum Gasteiger partial charge on any atom is -0.399 e. The Labute approximate surface area is 107 Å². The maximum atomic E-state index is 12.8. The van der Waals surface area contributed by atoms with Crippen molar-refractivity contribution >= 4 is 5.69 Å². The van der Waals surface area contributed by atoms with E-state index < -0.39 is 17.8 Å². The van der Waals surface area contributed by atoms with E-state index in [1.807, 2.05) is 0 Å². The number of aliphatic hydroxyl groups excluding tert-OH is 1. The molecule has 1 unspecified atom stereocenters. The number of nitrogens with zero attached hydrogens (tertiary/aromatic N) is 1. The van der Waals surface area contributed by atoms with Crippen molar-refractivity contribution < 1.29 is 18.3 Å². The average molecular weight is 268 g/mol.